The molecule has 0 saturated heterocycles. The summed E-state index contributed by atoms with van der Waals surface area (Å²) in [6, 6.07) is 1.64. The van der Waals surface area contributed by atoms with Crippen LogP contribution in [0.1, 0.15) is 12.8 Å². The van der Waals surface area contributed by atoms with Crippen molar-refractivity contribution in [2.75, 3.05) is 0 Å². The van der Waals surface area contributed by atoms with Crippen LogP contribution in [0, 0.1) is 23.2 Å². The van der Waals surface area contributed by atoms with Crippen molar-refractivity contribution < 1.29 is 13.2 Å². The van der Waals surface area contributed by atoms with Gasteiger partial charge < -0.3 is 0 Å². The van der Waals surface area contributed by atoms with Crippen LogP contribution in [0.3, 0.4) is 0 Å². The van der Waals surface area contributed by atoms with Gasteiger partial charge >= 0.3 is 6.18 Å². The van der Waals surface area contributed by atoms with E-state index in [0.29, 0.717) is 6.42 Å². The molecule has 0 aliphatic heterocycles. The van der Waals surface area contributed by atoms with Gasteiger partial charge in [-0.3, -0.25) is 0 Å². The number of halogens is 3. The number of hydrogen-bond acceptors (Lipinski definition) is 1. The van der Waals surface area contributed by atoms with Gasteiger partial charge in [-0.15, -0.1) is 0 Å². The van der Waals surface area contributed by atoms with Crippen LogP contribution in [-0.4, -0.2) is 6.18 Å². The summed E-state index contributed by atoms with van der Waals surface area (Å²) >= 11 is 0. The minimum Gasteiger partial charge on any atom is -0.198 e. The van der Waals surface area contributed by atoms with E-state index in [4.69, 9.17) is 5.26 Å². The highest BCUT2D eigenvalue weighted by molar-refractivity contribution is 4.98. The zero-order valence-corrected chi connectivity index (χ0v) is 5.15. The molecule has 0 radical (unpaired) electrons. The summed E-state index contributed by atoms with van der Waals surface area (Å²) in [5, 5.41) is 8.17. The Morgan fingerprint density at radius 2 is 1.90 bits per heavy atom. The standard InChI is InChI=1S/C6H6F3N/c7-6(8,9)5-2-1-4(5)3-10/h4-5H,1-2H2. The zero-order chi connectivity index (χ0) is 7.78. The maximum atomic E-state index is 11.8. The lowest BCUT2D eigenvalue weighted by atomic mass is 9.74. The van der Waals surface area contributed by atoms with Crippen LogP contribution in [0.25, 0.3) is 0 Å². The number of alkyl halides is 3. The predicted molar refractivity (Wildman–Crippen MR) is 27.9 cm³/mol. The molecule has 1 rings (SSSR count). The Bertz CT molecular complexity index is 167. The molecular formula is C6H6F3N. The van der Waals surface area contributed by atoms with Crippen LogP contribution in [0.5, 0.6) is 0 Å². The molecule has 2 unspecified atom stereocenters. The van der Waals surface area contributed by atoms with E-state index in [0.717, 1.165) is 0 Å². The van der Waals surface area contributed by atoms with Crippen LogP contribution >= 0.6 is 0 Å². The molecule has 4 heteroatoms. The van der Waals surface area contributed by atoms with Crippen molar-refractivity contribution in [2.45, 2.75) is 19.0 Å². The van der Waals surface area contributed by atoms with Crippen molar-refractivity contribution in [2.24, 2.45) is 11.8 Å². The predicted octanol–water partition coefficient (Wildman–Crippen LogP) is 2.10. The van der Waals surface area contributed by atoms with Gasteiger partial charge in [-0.2, -0.15) is 18.4 Å². The van der Waals surface area contributed by atoms with E-state index in [9.17, 15) is 13.2 Å². The lowest BCUT2D eigenvalue weighted by Gasteiger charge is -2.32. The summed E-state index contributed by atoms with van der Waals surface area (Å²) in [6.45, 7) is 0. The van der Waals surface area contributed by atoms with E-state index in [1.807, 2.05) is 0 Å². The Balaban J connectivity index is 2.53. The molecule has 0 heterocycles. The average Bonchev–Trinajstić information content (AvgIpc) is 1.57. The summed E-state index contributed by atoms with van der Waals surface area (Å²) in [5.41, 5.74) is 0. The molecule has 0 aromatic carbocycles. The second kappa shape index (κ2) is 2.15. The number of rotatable bonds is 0. The molecule has 56 valence electrons. The summed E-state index contributed by atoms with van der Waals surface area (Å²) in [6.07, 6.45) is -3.62. The van der Waals surface area contributed by atoms with Crippen molar-refractivity contribution in [3.8, 4) is 6.07 Å². The molecule has 0 aromatic rings. The molecule has 1 aliphatic rings. The molecule has 10 heavy (non-hydrogen) atoms. The van der Waals surface area contributed by atoms with E-state index in [1.54, 1.807) is 6.07 Å². The molecule has 0 aromatic heterocycles. The Labute approximate surface area is 56.4 Å². The first-order valence-electron chi connectivity index (χ1n) is 3.02. The fourth-order valence-electron chi connectivity index (χ4n) is 1.05. The smallest absolute Gasteiger partial charge is 0.198 e. The van der Waals surface area contributed by atoms with Gasteiger partial charge in [0.2, 0.25) is 0 Å². The molecule has 1 fully saturated rings. The lowest BCUT2D eigenvalue weighted by molar-refractivity contribution is -0.205. The van der Waals surface area contributed by atoms with Crippen molar-refractivity contribution in [3.63, 3.8) is 0 Å². The van der Waals surface area contributed by atoms with Gasteiger partial charge in [0.25, 0.3) is 0 Å². The molecule has 1 nitrogen and oxygen atoms in total. The van der Waals surface area contributed by atoms with Gasteiger partial charge in [-0.25, -0.2) is 0 Å². The second-order valence-electron chi connectivity index (χ2n) is 2.46. The van der Waals surface area contributed by atoms with Gasteiger partial charge in [0.05, 0.1) is 17.9 Å². The number of nitrogens with zero attached hydrogens (tertiary/aromatic N) is 1. The minimum absolute atomic E-state index is 0.127. The number of hydrogen-bond donors (Lipinski definition) is 0. The normalized spacial score (nSPS) is 32.6. The van der Waals surface area contributed by atoms with Crippen molar-refractivity contribution in [1.29, 1.82) is 5.26 Å². The van der Waals surface area contributed by atoms with Crippen molar-refractivity contribution in [1.82, 2.24) is 0 Å². The number of nitriles is 1. The highest BCUT2D eigenvalue weighted by Gasteiger charge is 2.49. The zero-order valence-electron chi connectivity index (χ0n) is 5.15. The highest BCUT2D eigenvalue weighted by atomic mass is 19.4. The summed E-state index contributed by atoms with van der Waals surface area (Å²) in [4.78, 5) is 0. The van der Waals surface area contributed by atoms with E-state index >= 15 is 0 Å². The van der Waals surface area contributed by atoms with E-state index in [1.165, 1.54) is 0 Å². The van der Waals surface area contributed by atoms with Crippen LogP contribution in [0.4, 0.5) is 13.2 Å². The van der Waals surface area contributed by atoms with Gasteiger partial charge in [0.15, 0.2) is 0 Å². The Morgan fingerprint density at radius 1 is 1.30 bits per heavy atom. The first-order chi connectivity index (χ1) is 4.55. The van der Waals surface area contributed by atoms with E-state index in [-0.39, 0.29) is 6.42 Å². The largest absolute Gasteiger partial charge is 0.393 e. The van der Waals surface area contributed by atoms with Crippen LogP contribution < -0.4 is 0 Å². The monoisotopic (exact) mass is 149 g/mol. The summed E-state index contributed by atoms with van der Waals surface area (Å²) < 4.78 is 35.4. The second-order valence-corrected chi connectivity index (χ2v) is 2.46. The SMILES string of the molecule is N#CC1CCC1C(F)(F)F. The van der Waals surface area contributed by atoms with Gasteiger partial charge in [0, 0.05) is 0 Å². The minimum atomic E-state index is -4.15. The van der Waals surface area contributed by atoms with Crippen LogP contribution in [0.15, 0.2) is 0 Å². The third kappa shape index (κ3) is 1.08. The quantitative estimate of drug-likeness (QED) is 0.517. The average molecular weight is 149 g/mol. The topological polar surface area (TPSA) is 23.8 Å². The summed E-state index contributed by atoms with van der Waals surface area (Å²) in [7, 11) is 0. The van der Waals surface area contributed by atoms with Gasteiger partial charge in [-0.1, -0.05) is 0 Å². The molecule has 1 saturated carbocycles. The summed E-state index contributed by atoms with van der Waals surface area (Å²) in [5.74, 6) is -2.13. The van der Waals surface area contributed by atoms with Crippen LogP contribution in [0.2, 0.25) is 0 Å². The highest BCUT2D eigenvalue weighted by Crippen LogP contribution is 2.44. The Morgan fingerprint density at radius 3 is 2.00 bits per heavy atom. The third-order valence-corrected chi connectivity index (χ3v) is 1.86. The molecule has 0 spiro atoms. The molecule has 0 bridgehead atoms. The van der Waals surface area contributed by atoms with E-state index in [2.05, 4.69) is 0 Å². The van der Waals surface area contributed by atoms with Crippen molar-refractivity contribution in [3.05, 3.63) is 0 Å². The van der Waals surface area contributed by atoms with Gasteiger partial charge in [0.1, 0.15) is 0 Å². The molecule has 0 amide bonds. The fraction of sp³-hybridized carbons (Fsp3) is 0.833. The molecule has 0 N–H and O–H groups in total. The fourth-order valence-corrected chi connectivity index (χ4v) is 1.05. The first kappa shape index (κ1) is 7.39. The maximum absolute atomic E-state index is 11.8. The lowest BCUT2D eigenvalue weighted by Crippen LogP contribution is -2.37. The van der Waals surface area contributed by atoms with E-state index < -0.39 is 18.0 Å². The Hall–Kier alpha value is -0.720. The first-order valence-corrected chi connectivity index (χ1v) is 3.02. The maximum Gasteiger partial charge on any atom is 0.393 e. The van der Waals surface area contributed by atoms with Gasteiger partial charge in [-0.05, 0) is 12.8 Å². The molecule has 1 aliphatic carbocycles. The Kier molecular flexibility index (Phi) is 1.59. The molecular weight excluding hydrogens is 143 g/mol. The van der Waals surface area contributed by atoms with Crippen LogP contribution in [-0.2, 0) is 0 Å². The van der Waals surface area contributed by atoms with Crippen molar-refractivity contribution >= 4 is 0 Å². The molecule has 2 atom stereocenters. The third-order valence-electron chi connectivity index (χ3n) is 1.86.